The number of fused-ring (bicyclic) bond motifs is 2. The Labute approximate surface area is 140 Å². The van der Waals surface area contributed by atoms with Gasteiger partial charge in [0.05, 0.1) is 22.2 Å². The first kappa shape index (κ1) is 16.8. The van der Waals surface area contributed by atoms with Crippen molar-refractivity contribution in [1.82, 2.24) is 0 Å². The molecule has 0 saturated heterocycles. The summed E-state index contributed by atoms with van der Waals surface area (Å²) in [5, 5.41) is 13.6. The zero-order valence-electron chi connectivity index (χ0n) is 12.1. The standard InChI is InChI=1S/C16H13ClF3NO3/c17-10-4-3-9(16(18,19)20)6-11(10)21-14(22)12-7-1-2-8(5-7)13(12)15(23)24/h1-4,6-8,12-13H,5H2,(H,21,22)(H,23,24)/p-1/t7-,8-,12+,13-/m0/s1. The minimum Gasteiger partial charge on any atom is -0.550 e. The van der Waals surface area contributed by atoms with E-state index in [4.69, 9.17) is 11.6 Å². The van der Waals surface area contributed by atoms with E-state index < -0.39 is 35.5 Å². The molecule has 1 N–H and O–H groups in total. The van der Waals surface area contributed by atoms with E-state index in [1.807, 2.05) is 0 Å². The van der Waals surface area contributed by atoms with Gasteiger partial charge in [-0.3, -0.25) is 4.79 Å². The summed E-state index contributed by atoms with van der Waals surface area (Å²) < 4.78 is 38.3. The first-order chi connectivity index (χ1) is 11.2. The number of rotatable bonds is 3. The molecule has 0 spiro atoms. The lowest BCUT2D eigenvalue weighted by Crippen LogP contribution is -2.42. The molecule has 2 aliphatic rings. The zero-order chi connectivity index (χ0) is 17.6. The quantitative estimate of drug-likeness (QED) is 0.844. The number of halogens is 4. The van der Waals surface area contributed by atoms with Crippen molar-refractivity contribution in [3.8, 4) is 0 Å². The number of allylic oxidation sites excluding steroid dienone is 2. The van der Waals surface area contributed by atoms with Crippen LogP contribution in [0.3, 0.4) is 0 Å². The summed E-state index contributed by atoms with van der Waals surface area (Å²) in [5.74, 6) is -4.40. The van der Waals surface area contributed by atoms with E-state index in [1.165, 1.54) is 0 Å². The van der Waals surface area contributed by atoms with Crippen molar-refractivity contribution in [2.24, 2.45) is 23.7 Å². The molecule has 0 aliphatic heterocycles. The van der Waals surface area contributed by atoms with E-state index in [9.17, 15) is 27.9 Å². The number of hydrogen-bond donors (Lipinski definition) is 1. The highest BCUT2D eigenvalue weighted by molar-refractivity contribution is 6.33. The fraction of sp³-hybridized carbons (Fsp3) is 0.375. The second-order valence-electron chi connectivity index (χ2n) is 6.00. The summed E-state index contributed by atoms with van der Waals surface area (Å²) in [5.41, 5.74) is -1.15. The lowest BCUT2D eigenvalue weighted by Gasteiger charge is -2.28. The number of carboxylic acid groups (broad SMARTS) is 1. The van der Waals surface area contributed by atoms with Gasteiger partial charge in [-0.25, -0.2) is 0 Å². The number of benzene rings is 1. The molecule has 4 atom stereocenters. The van der Waals surface area contributed by atoms with Crippen LogP contribution in [0.2, 0.25) is 5.02 Å². The summed E-state index contributed by atoms with van der Waals surface area (Å²) in [4.78, 5) is 23.8. The first-order valence-corrected chi connectivity index (χ1v) is 7.63. The molecule has 0 aromatic heterocycles. The van der Waals surface area contributed by atoms with Crippen molar-refractivity contribution in [3.63, 3.8) is 0 Å². The van der Waals surface area contributed by atoms with Crippen LogP contribution in [0.5, 0.6) is 0 Å². The van der Waals surface area contributed by atoms with Crippen molar-refractivity contribution >= 4 is 29.2 Å². The number of anilines is 1. The summed E-state index contributed by atoms with van der Waals surface area (Å²) in [6, 6.07) is 2.58. The molecule has 0 radical (unpaired) electrons. The highest BCUT2D eigenvalue weighted by Crippen LogP contribution is 2.48. The van der Waals surface area contributed by atoms with E-state index >= 15 is 0 Å². The Balaban J connectivity index is 1.85. The number of carboxylic acids is 1. The van der Waals surface area contributed by atoms with Crippen LogP contribution >= 0.6 is 11.6 Å². The Kier molecular flexibility index (Phi) is 4.07. The average Bonchev–Trinajstić information content (AvgIpc) is 3.08. The van der Waals surface area contributed by atoms with E-state index in [-0.39, 0.29) is 22.5 Å². The lowest BCUT2D eigenvalue weighted by molar-refractivity contribution is -0.313. The van der Waals surface area contributed by atoms with E-state index in [1.54, 1.807) is 12.2 Å². The van der Waals surface area contributed by atoms with Crippen LogP contribution in [0.25, 0.3) is 0 Å². The fourth-order valence-corrected chi connectivity index (χ4v) is 3.68. The van der Waals surface area contributed by atoms with Crippen LogP contribution < -0.4 is 10.4 Å². The molecule has 0 heterocycles. The maximum atomic E-state index is 12.8. The molecule has 8 heteroatoms. The minimum absolute atomic E-state index is 0.0555. The normalized spacial score (nSPS) is 28.2. The first-order valence-electron chi connectivity index (χ1n) is 7.25. The molecular formula is C16H12ClF3NO3-. The van der Waals surface area contributed by atoms with Crippen molar-refractivity contribution in [2.45, 2.75) is 12.6 Å². The van der Waals surface area contributed by atoms with E-state index in [0.29, 0.717) is 6.42 Å². The average molecular weight is 359 g/mol. The summed E-state index contributed by atoms with van der Waals surface area (Å²) in [6.07, 6.45) is -0.548. The van der Waals surface area contributed by atoms with Gasteiger partial charge in [0.1, 0.15) is 0 Å². The summed E-state index contributed by atoms with van der Waals surface area (Å²) in [6.45, 7) is 0. The molecular weight excluding hydrogens is 347 g/mol. The predicted molar refractivity (Wildman–Crippen MR) is 77.8 cm³/mol. The molecule has 1 aromatic carbocycles. The third-order valence-electron chi connectivity index (χ3n) is 4.59. The van der Waals surface area contributed by atoms with E-state index in [2.05, 4.69) is 5.32 Å². The SMILES string of the molecule is O=C([O-])[C@@H]1[C@H](C(=O)Nc2cc(C(F)(F)F)ccc2Cl)[C@H]2C=C[C@H]1C2. The Morgan fingerprint density at radius 3 is 2.38 bits per heavy atom. The van der Waals surface area contributed by atoms with Gasteiger partial charge in [-0.15, -0.1) is 0 Å². The number of carbonyl (C=O) groups excluding carboxylic acids is 2. The van der Waals surface area contributed by atoms with Gasteiger partial charge in [-0.1, -0.05) is 23.8 Å². The van der Waals surface area contributed by atoms with Crippen molar-refractivity contribution < 1.29 is 27.9 Å². The van der Waals surface area contributed by atoms with Crippen LogP contribution in [0.1, 0.15) is 12.0 Å². The Hall–Kier alpha value is -2.02. The molecule has 3 rings (SSSR count). The number of hydrogen-bond acceptors (Lipinski definition) is 3. The molecule has 2 bridgehead atoms. The van der Waals surface area contributed by atoms with Crippen LogP contribution in [0.15, 0.2) is 30.4 Å². The second kappa shape index (κ2) is 5.81. The smallest absolute Gasteiger partial charge is 0.416 e. The fourth-order valence-electron chi connectivity index (χ4n) is 3.51. The number of amides is 1. The third-order valence-corrected chi connectivity index (χ3v) is 4.92. The molecule has 4 nitrogen and oxygen atoms in total. The van der Waals surface area contributed by atoms with Crippen molar-refractivity contribution in [1.29, 1.82) is 0 Å². The highest BCUT2D eigenvalue weighted by atomic mass is 35.5. The topological polar surface area (TPSA) is 69.2 Å². The molecule has 1 amide bonds. The van der Waals surface area contributed by atoms with Gasteiger partial charge in [0.25, 0.3) is 0 Å². The third kappa shape index (κ3) is 2.88. The molecule has 24 heavy (non-hydrogen) atoms. The van der Waals surface area contributed by atoms with Crippen LogP contribution in [0, 0.1) is 23.7 Å². The van der Waals surface area contributed by atoms with Gasteiger partial charge in [0.15, 0.2) is 0 Å². The molecule has 1 saturated carbocycles. The predicted octanol–water partition coefficient (Wildman–Crippen LogP) is 2.49. The minimum atomic E-state index is -4.58. The molecule has 1 aromatic rings. The maximum absolute atomic E-state index is 12.8. The van der Waals surface area contributed by atoms with Gasteiger partial charge < -0.3 is 15.2 Å². The van der Waals surface area contributed by atoms with Crippen LogP contribution in [0.4, 0.5) is 18.9 Å². The number of nitrogens with one attached hydrogen (secondary N) is 1. The molecule has 2 aliphatic carbocycles. The molecule has 0 unspecified atom stereocenters. The van der Waals surface area contributed by atoms with Crippen LogP contribution in [-0.2, 0) is 15.8 Å². The highest BCUT2D eigenvalue weighted by Gasteiger charge is 2.48. The monoisotopic (exact) mass is 358 g/mol. The zero-order valence-corrected chi connectivity index (χ0v) is 12.9. The second-order valence-corrected chi connectivity index (χ2v) is 6.41. The lowest BCUT2D eigenvalue weighted by atomic mass is 9.82. The van der Waals surface area contributed by atoms with Gasteiger partial charge in [0, 0.05) is 11.9 Å². The maximum Gasteiger partial charge on any atom is 0.416 e. The molecule has 1 fully saturated rings. The Morgan fingerprint density at radius 1 is 1.17 bits per heavy atom. The van der Waals surface area contributed by atoms with E-state index in [0.717, 1.165) is 18.2 Å². The Bertz CT molecular complexity index is 732. The van der Waals surface area contributed by atoms with Crippen molar-refractivity contribution in [3.05, 3.63) is 40.9 Å². The number of carbonyl (C=O) groups is 2. The molecule has 128 valence electrons. The van der Waals surface area contributed by atoms with Crippen molar-refractivity contribution in [2.75, 3.05) is 5.32 Å². The largest absolute Gasteiger partial charge is 0.550 e. The van der Waals surface area contributed by atoms with Gasteiger partial charge in [0.2, 0.25) is 5.91 Å². The number of alkyl halides is 3. The summed E-state index contributed by atoms with van der Waals surface area (Å²) in [7, 11) is 0. The van der Waals surface area contributed by atoms with Gasteiger partial charge >= 0.3 is 6.18 Å². The number of aliphatic carboxylic acids is 1. The summed E-state index contributed by atoms with van der Waals surface area (Å²) >= 11 is 5.85. The Morgan fingerprint density at radius 2 is 1.79 bits per heavy atom. The van der Waals surface area contributed by atoms with Gasteiger partial charge in [-0.05, 0) is 36.5 Å². The van der Waals surface area contributed by atoms with Gasteiger partial charge in [-0.2, -0.15) is 13.2 Å². The van der Waals surface area contributed by atoms with Crippen LogP contribution in [-0.4, -0.2) is 11.9 Å².